The van der Waals surface area contributed by atoms with Crippen molar-refractivity contribution in [2.24, 2.45) is 0 Å². The van der Waals surface area contributed by atoms with Gasteiger partial charge in [0.1, 0.15) is 13.2 Å². The summed E-state index contributed by atoms with van der Waals surface area (Å²) < 4.78 is 11.0. The summed E-state index contributed by atoms with van der Waals surface area (Å²) in [6, 6.07) is 11.4. The van der Waals surface area contributed by atoms with E-state index in [0.29, 0.717) is 31.9 Å². The number of amides is 1. The van der Waals surface area contributed by atoms with Crippen LogP contribution in [0.15, 0.2) is 42.6 Å². The van der Waals surface area contributed by atoms with Crippen molar-refractivity contribution in [1.29, 1.82) is 0 Å². The minimum absolute atomic E-state index is 0.00684. The molecule has 3 rings (SSSR count). The van der Waals surface area contributed by atoms with E-state index in [1.165, 1.54) is 0 Å². The Bertz CT molecular complexity index is 644. The van der Waals surface area contributed by atoms with Crippen LogP contribution in [0.5, 0.6) is 11.5 Å². The zero-order valence-electron chi connectivity index (χ0n) is 12.2. The van der Waals surface area contributed by atoms with Crippen LogP contribution in [0.4, 0.5) is 0 Å². The number of nitrogens with zero attached hydrogens (tertiary/aromatic N) is 1. The molecular formula is C17H18N2O3. The molecule has 0 saturated carbocycles. The average molecular weight is 298 g/mol. The Morgan fingerprint density at radius 2 is 2.00 bits per heavy atom. The Morgan fingerprint density at radius 1 is 1.14 bits per heavy atom. The van der Waals surface area contributed by atoms with Crippen molar-refractivity contribution in [1.82, 2.24) is 10.3 Å². The Kier molecular flexibility index (Phi) is 4.53. The number of hydrogen-bond acceptors (Lipinski definition) is 4. The van der Waals surface area contributed by atoms with Crippen molar-refractivity contribution in [3.05, 3.63) is 53.9 Å². The van der Waals surface area contributed by atoms with Crippen LogP contribution in [0, 0.1) is 0 Å². The third kappa shape index (κ3) is 3.75. The number of carbonyl (C=O) groups excluding carboxylic acids is 1. The van der Waals surface area contributed by atoms with Crippen molar-refractivity contribution in [2.75, 3.05) is 19.8 Å². The fourth-order valence-electron chi connectivity index (χ4n) is 2.32. The summed E-state index contributed by atoms with van der Waals surface area (Å²) in [7, 11) is 0. The molecule has 0 radical (unpaired) electrons. The fourth-order valence-corrected chi connectivity index (χ4v) is 2.32. The molecular weight excluding hydrogens is 280 g/mol. The minimum Gasteiger partial charge on any atom is -0.486 e. The fraction of sp³-hybridized carbons (Fsp3) is 0.294. The second kappa shape index (κ2) is 6.93. The molecule has 114 valence electrons. The molecule has 5 nitrogen and oxygen atoms in total. The van der Waals surface area contributed by atoms with Gasteiger partial charge in [0.15, 0.2) is 11.5 Å². The summed E-state index contributed by atoms with van der Waals surface area (Å²) in [6.45, 7) is 1.70. The van der Waals surface area contributed by atoms with E-state index in [4.69, 9.17) is 9.47 Å². The van der Waals surface area contributed by atoms with Gasteiger partial charge in [-0.05, 0) is 29.8 Å². The zero-order chi connectivity index (χ0) is 15.2. The van der Waals surface area contributed by atoms with Crippen LogP contribution in [0.25, 0.3) is 0 Å². The summed E-state index contributed by atoms with van der Waals surface area (Å²) in [5.41, 5.74) is 1.89. The first-order valence-corrected chi connectivity index (χ1v) is 7.36. The van der Waals surface area contributed by atoms with Gasteiger partial charge in [0.25, 0.3) is 0 Å². The second-order valence-corrected chi connectivity index (χ2v) is 5.08. The van der Waals surface area contributed by atoms with Crippen molar-refractivity contribution in [2.45, 2.75) is 12.8 Å². The van der Waals surface area contributed by atoms with Crippen LogP contribution in [0.1, 0.15) is 11.3 Å². The molecule has 1 aliphatic rings. The Labute approximate surface area is 129 Å². The van der Waals surface area contributed by atoms with Gasteiger partial charge in [-0.3, -0.25) is 9.78 Å². The number of carbonyl (C=O) groups is 1. The number of benzene rings is 1. The molecule has 0 unspecified atom stereocenters. The highest BCUT2D eigenvalue weighted by Gasteiger charge is 2.13. The van der Waals surface area contributed by atoms with E-state index in [0.717, 1.165) is 23.4 Å². The maximum Gasteiger partial charge on any atom is 0.224 e. The lowest BCUT2D eigenvalue weighted by atomic mass is 10.1. The van der Waals surface area contributed by atoms with E-state index in [1.807, 2.05) is 36.4 Å². The van der Waals surface area contributed by atoms with E-state index in [9.17, 15) is 4.79 Å². The SMILES string of the molecule is O=C(Cc1ccc2c(c1)OCCO2)NCCc1ccccn1. The molecule has 2 aromatic rings. The van der Waals surface area contributed by atoms with Crippen LogP contribution < -0.4 is 14.8 Å². The number of ether oxygens (including phenoxy) is 2. The third-order valence-corrected chi connectivity index (χ3v) is 3.40. The highest BCUT2D eigenvalue weighted by Crippen LogP contribution is 2.30. The summed E-state index contributed by atoms with van der Waals surface area (Å²) >= 11 is 0. The van der Waals surface area contributed by atoms with Gasteiger partial charge >= 0.3 is 0 Å². The molecule has 22 heavy (non-hydrogen) atoms. The molecule has 0 atom stereocenters. The number of hydrogen-bond donors (Lipinski definition) is 1. The van der Waals surface area contributed by atoms with Gasteiger partial charge in [-0.15, -0.1) is 0 Å². The second-order valence-electron chi connectivity index (χ2n) is 5.08. The molecule has 0 aliphatic carbocycles. The topological polar surface area (TPSA) is 60.5 Å². The lowest BCUT2D eigenvalue weighted by molar-refractivity contribution is -0.120. The van der Waals surface area contributed by atoms with E-state index < -0.39 is 0 Å². The third-order valence-electron chi connectivity index (χ3n) is 3.40. The van der Waals surface area contributed by atoms with E-state index in [-0.39, 0.29) is 5.91 Å². The Morgan fingerprint density at radius 3 is 2.82 bits per heavy atom. The zero-order valence-corrected chi connectivity index (χ0v) is 12.2. The molecule has 0 spiro atoms. The number of aromatic nitrogens is 1. The van der Waals surface area contributed by atoms with Gasteiger partial charge in [0.2, 0.25) is 5.91 Å². The molecule has 0 fully saturated rings. The molecule has 1 aliphatic heterocycles. The maximum absolute atomic E-state index is 12.0. The van der Waals surface area contributed by atoms with Crippen LogP contribution in [-0.4, -0.2) is 30.6 Å². The summed E-state index contributed by atoms with van der Waals surface area (Å²) in [5, 5.41) is 2.91. The molecule has 1 N–H and O–H groups in total. The predicted octanol–water partition coefficient (Wildman–Crippen LogP) is 1.75. The maximum atomic E-state index is 12.0. The quantitative estimate of drug-likeness (QED) is 0.913. The molecule has 0 bridgehead atoms. The molecule has 1 amide bonds. The smallest absolute Gasteiger partial charge is 0.224 e. The monoisotopic (exact) mass is 298 g/mol. The van der Waals surface area contributed by atoms with Crippen molar-refractivity contribution < 1.29 is 14.3 Å². The van der Waals surface area contributed by atoms with E-state index in [1.54, 1.807) is 6.20 Å². The van der Waals surface area contributed by atoms with Crippen LogP contribution in [-0.2, 0) is 17.6 Å². The first-order chi connectivity index (χ1) is 10.8. The Balaban J connectivity index is 1.49. The number of pyridine rings is 1. The van der Waals surface area contributed by atoms with E-state index in [2.05, 4.69) is 10.3 Å². The van der Waals surface area contributed by atoms with Crippen molar-refractivity contribution in [3.63, 3.8) is 0 Å². The molecule has 0 saturated heterocycles. The standard InChI is InChI=1S/C17H18N2O3/c20-17(19-8-6-14-3-1-2-7-18-14)12-13-4-5-15-16(11-13)22-10-9-21-15/h1-5,7,11H,6,8-10,12H2,(H,19,20). The lowest BCUT2D eigenvalue weighted by Crippen LogP contribution is -2.27. The van der Waals surface area contributed by atoms with Gasteiger partial charge in [-0.25, -0.2) is 0 Å². The molecule has 2 heterocycles. The predicted molar refractivity (Wildman–Crippen MR) is 82.1 cm³/mol. The lowest BCUT2D eigenvalue weighted by Gasteiger charge is -2.18. The van der Waals surface area contributed by atoms with Crippen LogP contribution in [0.3, 0.4) is 0 Å². The molecule has 1 aromatic carbocycles. The van der Waals surface area contributed by atoms with Gasteiger partial charge in [-0.1, -0.05) is 12.1 Å². The minimum atomic E-state index is -0.00684. The van der Waals surface area contributed by atoms with Gasteiger partial charge in [0, 0.05) is 24.9 Å². The number of rotatable bonds is 5. The first kappa shape index (κ1) is 14.4. The number of nitrogens with one attached hydrogen (secondary N) is 1. The number of fused-ring (bicyclic) bond motifs is 1. The van der Waals surface area contributed by atoms with Crippen molar-refractivity contribution in [3.8, 4) is 11.5 Å². The van der Waals surface area contributed by atoms with Crippen LogP contribution in [0.2, 0.25) is 0 Å². The average Bonchev–Trinajstić information content (AvgIpc) is 2.56. The highest BCUT2D eigenvalue weighted by atomic mass is 16.6. The summed E-state index contributed by atoms with van der Waals surface area (Å²) in [6.07, 6.45) is 2.82. The van der Waals surface area contributed by atoms with Gasteiger partial charge in [0.05, 0.1) is 6.42 Å². The first-order valence-electron chi connectivity index (χ1n) is 7.36. The largest absolute Gasteiger partial charge is 0.486 e. The Hall–Kier alpha value is -2.56. The van der Waals surface area contributed by atoms with E-state index >= 15 is 0 Å². The van der Waals surface area contributed by atoms with Gasteiger partial charge in [-0.2, -0.15) is 0 Å². The highest BCUT2D eigenvalue weighted by molar-refractivity contribution is 5.78. The molecule has 1 aromatic heterocycles. The molecule has 5 heteroatoms. The summed E-state index contributed by atoms with van der Waals surface area (Å²) in [5.74, 6) is 1.45. The normalized spacial score (nSPS) is 12.7. The van der Waals surface area contributed by atoms with Gasteiger partial charge < -0.3 is 14.8 Å². The van der Waals surface area contributed by atoms with Crippen molar-refractivity contribution >= 4 is 5.91 Å². The summed E-state index contributed by atoms with van der Waals surface area (Å²) in [4.78, 5) is 16.2. The van der Waals surface area contributed by atoms with Crippen LogP contribution >= 0.6 is 0 Å².